The number of nitrogens with zero attached hydrogens (tertiary/aromatic N) is 3. The van der Waals surface area contributed by atoms with Gasteiger partial charge in [0.05, 0.1) is 11.4 Å². The summed E-state index contributed by atoms with van der Waals surface area (Å²) >= 11 is -0.0183. The lowest BCUT2D eigenvalue weighted by Gasteiger charge is -2.02. The molecule has 2 rings (SSSR count). The minimum Gasteiger partial charge on any atom is -0.331 e. The van der Waals surface area contributed by atoms with Gasteiger partial charge >= 0.3 is 0 Å². The number of fused-ring (bicyclic) bond motifs is 1. The second kappa shape index (κ2) is 3.25. The molecule has 13 heavy (non-hydrogen) atoms. The zero-order valence-electron chi connectivity index (χ0n) is 7.95. The van der Waals surface area contributed by atoms with Crippen molar-refractivity contribution >= 4 is 31.1 Å². The van der Waals surface area contributed by atoms with Gasteiger partial charge in [0.1, 0.15) is 5.82 Å². The molecule has 0 saturated heterocycles. The molecule has 1 aliphatic rings. The summed E-state index contributed by atoms with van der Waals surface area (Å²) in [6, 6.07) is 0. The number of aryl methyl sites for hydroxylation is 1. The molecular weight excluding hydrogens is 277 g/mol. The third kappa shape index (κ3) is 1.54. The van der Waals surface area contributed by atoms with Crippen LogP contribution in [0.5, 0.6) is 0 Å². The van der Waals surface area contributed by atoms with E-state index in [1.54, 1.807) is 0 Å². The van der Waals surface area contributed by atoms with Crippen molar-refractivity contribution in [3.63, 3.8) is 0 Å². The maximum absolute atomic E-state index is 4.50. The van der Waals surface area contributed by atoms with Crippen molar-refractivity contribution in [1.29, 1.82) is 0 Å². The maximum atomic E-state index is 4.50. The van der Waals surface area contributed by atoms with Crippen LogP contribution >= 0.6 is 21.0 Å². The minimum absolute atomic E-state index is 0.0183. The molecule has 0 amide bonds. The van der Waals surface area contributed by atoms with E-state index < -0.39 is 0 Å². The quantitative estimate of drug-likeness (QED) is 0.535. The van der Waals surface area contributed by atoms with Crippen LogP contribution in [0.1, 0.15) is 17.2 Å². The van der Waals surface area contributed by atoms with Crippen LogP contribution in [0.3, 0.4) is 0 Å². The molecule has 0 spiro atoms. The molecule has 0 aromatic carbocycles. The highest BCUT2D eigenvalue weighted by Gasteiger charge is 2.09. The van der Waals surface area contributed by atoms with E-state index in [1.165, 1.54) is 5.69 Å². The average Bonchev–Trinajstić information content (AvgIpc) is 2.28. The molecule has 0 bridgehead atoms. The molecule has 3 nitrogen and oxygen atoms in total. The molecule has 70 valence electrons. The van der Waals surface area contributed by atoms with Crippen LogP contribution in [0.15, 0.2) is 6.20 Å². The Bertz CT molecular complexity index is 390. The van der Waals surface area contributed by atoms with E-state index >= 15 is 0 Å². The van der Waals surface area contributed by atoms with Crippen molar-refractivity contribution in [2.24, 2.45) is 7.05 Å². The summed E-state index contributed by atoms with van der Waals surface area (Å²) in [7, 11) is 4.17. The first-order valence-corrected chi connectivity index (χ1v) is 6.31. The molecule has 0 N–H and O–H groups in total. The van der Waals surface area contributed by atoms with Gasteiger partial charge in [0.15, 0.2) is 0 Å². The molecule has 0 aliphatic carbocycles. The van der Waals surface area contributed by atoms with E-state index in [0.29, 0.717) is 0 Å². The number of hydrogen-bond donors (Lipinski definition) is 0. The Kier molecular flexibility index (Phi) is 2.23. The zero-order chi connectivity index (χ0) is 9.42. The van der Waals surface area contributed by atoms with Crippen LogP contribution in [0.2, 0.25) is 0 Å². The number of halogens is 1. The van der Waals surface area contributed by atoms with Gasteiger partial charge in [0.2, 0.25) is 0 Å². The highest BCUT2D eigenvalue weighted by Crippen LogP contribution is 2.18. The van der Waals surface area contributed by atoms with E-state index in [4.69, 9.17) is 0 Å². The standard InChI is InChI=1S/C9H12IN3/c1-7-11-8-6-10-12(2)5-4-9(8)13(7)3/h4-6H,1-3H3. The fourth-order valence-electron chi connectivity index (χ4n) is 1.26. The normalized spacial score (nSPS) is 15.2. The Morgan fingerprint density at radius 3 is 2.92 bits per heavy atom. The number of imidazole rings is 1. The number of hydrogen-bond acceptors (Lipinski definition) is 2. The van der Waals surface area contributed by atoms with Gasteiger partial charge in [-0.25, -0.2) is 4.98 Å². The predicted molar refractivity (Wildman–Crippen MR) is 63.9 cm³/mol. The molecule has 0 saturated carbocycles. The minimum atomic E-state index is -0.0183. The summed E-state index contributed by atoms with van der Waals surface area (Å²) in [5.74, 6) is 1.08. The Hall–Kier alpha value is -0.650. The fraction of sp³-hybridized carbons (Fsp3) is 0.333. The van der Waals surface area contributed by atoms with Crippen LogP contribution < -0.4 is 0 Å². The first kappa shape index (κ1) is 8.93. The zero-order valence-corrected chi connectivity index (χ0v) is 10.1. The van der Waals surface area contributed by atoms with E-state index in [2.05, 4.69) is 43.0 Å². The molecule has 2 heterocycles. The van der Waals surface area contributed by atoms with Gasteiger partial charge in [-0.1, -0.05) is 0 Å². The third-order valence-electron chi connectivity index (χ3n) is 2.14. The van der Waals surface area contributed by atoms with Gasteiger partial charge in [0, 0.05) is 45.3 Å². The Morgan fingerprint density at radius 2 is 2.15 bits per heavy atom. The second-order valence-electron chi connectivity index (χ2n) is 3.04. The van der Waals surface area contributed by atoms with Crippen molar-refractivity contribution in [2.75, 3.05) is 7.05 Å². The van der Waals surface area contributed by atoms with Crippen LogP contribution in [0.25, 0.3) is 6.08 Å². The van der Waals surface area contributed by atoms with Crippen molar-refractivity contribution in [3.05, 3.63) is 23.4 Å². The predicted octanol–water partition coefficient (Wildman–Crippen LogP) is 1.68. The summed E-state index contributed by atoms with van der Waals surface area (Å²) < 4.78 is 6.64. The summed E-state index contributed by atoms with van der Waals surface area (Å²) in [4.78, 5) is 4.50. The topological polar surface area (TPSA) is 21.1 Å². The van der Waals surface area contributed by atoms with E-state index in [-0.39, 0.29) is 21.0 Å². The molecule has 0 atom stereocenters. The summed E-state index contributed by atoms with van der Waals surface area (Å²) in [6.45, 7) is 2.04. The van der Waals surface area contributed by atoms with Crippen molar-refractivity contribution < 1.29 is 0 Å². The smallest absolute Gasteiger partial charge is 0.106 e. The monoisotopic (exact) mass is 289 g/mol. The van der Waals surface area contributed by atoms with Crippen molar-refractivity contribution in [3.8, 4) is 0 Å². The summed E-state index contributed by atoms with van der Waals surface area (Å²) in [5.41, 5.74) is 2.37. The molecular formula is C9H12IN3. The summed E-state index contributed by atoms with van der Waals surface area (Å²) in [6.07, 6.45) is 4.27. The van der Waals surface area contributed by atoms with Gasteiger partial charge in [-0.05, 0) is 13.0 Å². The maximum Gasteiger partial charge on any atom is 0.106 e. The molecule has 1 aliphatic heterocycles. The fourth-order valence-corrected chi connectivity index (χ4v) is 2.77. The molecule has 0 radical (unpaired) electrons. The summed E-state index contributed by atoms with van der Waals surface area (Å²) in [5, 5.41) is 0. The van der Waals surface area contributed by atoms with Crippen molar-refractivity contribution in [1.82, 2.24) is 12.7 Å². The Balaban J connectivity index is 2.58. The number of rotatable bonds is 0. The van der Waals surface area contributed by atoms with Crippen LogP contribution in [-0.2, 0) is 7.05 Å². The van der Waals surface area contributed by atoms with Gasteiger partial charge in [-0.3, -0.25) is 0 Å². The number of aromatic nitrogens is 2. The van der Waals surface area contributed by atoms with Crippen LogP contribution in [0.4, 0.5) is 0 Å². The first-order valence-electron chi connectivity index (χ1n) is 4.09. The lowest BCUT2D eigenvalue weighted by molar-refractivity contribution is 0.829. The van der Waals surface area contributed by atoms with Gasteiger partial charge in [-0.2, -0.15) is 0 Å². The van der Waals surface area contributed by atoms with Crippen LogP contribution in [-0.4, -0.2) is 23.7 Å². The molecule has 1 aromatic heterocycles. The van der Waals surface area contributed by atoms with E-state index in [0.717, 1.165) is 11.5 Å². The lowest BCUT2D eigenvalue weighted by Crippen LogP contribution is -1.95. The van der Waals surface area contributed by atoms with E-state index in [1.807, 2.05) is 6.92 Å². The second-order valence-corrected chi connectivity index (χ2v) is 5.74. The molecule has 0 unspecified atom stereocenters. The van der Waals surface area contributed by atoms with Gasteiger partial charge < -0.3 is 7.68 Å². The lowest BCUT2D eigenvalue weighted by atomic mass is 10.3. The molecule has 1 aromatic rings. The molecule has 0 fully saturated rings. The first-order chi connectivity index (χ1) is 6.18. The Morgan fingerprint density at radius 1 is 1.38 bits per heavy atom. The van der Waals surface area contributed by atoms with Gasteiger partial charge in [0.25, 0.3) is 0 Å². The molecule has 4 heteroatoms. The average molecular weight is 289 g/mol. The SMILES string of the molecule is Cc1nc2c(n1C)C=CN(C)I=C2. The van der Waals surface area contributed by atoms with Crippen molar-refractivity contribution in [2.45, 2.75) is 6.92 Å². The van der Waals surface area contributed by atoms with Crippen LogP contribution in [0, 0.1) is 6.92 Å². The third-order valence-corrected chi connectivity index (χ3v) is 4.20. The van der Waals surface area contributed by atoms with E-state index in [9.17, 15) is 0 Å². The Labute approximate surface area is 88.2 Å². The highest BCUT2D eigenvalue weighted by atomic mass is 127. The van der Waals surface area contributed by atoms with Gasteiger partial charge in [-0.15, -0.1) is 0 Å². The largest absolute Gasteiger partial charge is 0.331 e. The highest BCUT2D eigenvalue weighted by molar-refractivity contribution is 14.2.